The van der Waals surface area contributed by atoms with E-state index in [1.807, 2.05) is 6.07 Å². The Morgan fingerprint density at radius 3 is 2.90 bits per heavy atom. The molecule has 0 spiro atoms. The van der Waals surface area contributed by atoms with E-state index in [0.29, 0.717) is 30.5 Å². The van der Waals surface area contributed by atoms with Crippen LogP contribution in [0.15, 0.2) is 36.0 Å². The van der Waals surface area contributed by atoms with Crippen molar-refractivity contribution in [3.05, 3.63) is 47.8 Å². The van der Waals surface area contributed by atoms with Gasteiger partial charge in [-0.15, -0.1) is 0 Å². The van der Waals surface area contributed by atoms with Gasteiger partial charge < -0.3 is 9.67 Å². The lowest BCUT2D eigenvalue weighted by atomic mass is 9.90. The van der Waals surface area contributed by atoms with E-state index in [1.54, 1.807) is 24.0 Å². The number of pyridine rings is 1. The zero-order valence-corrected chi connectivity index (χ0v) is 16.6. The molecule has 0 atom stereocenters. The van der Waals surface area contributed by atoms with Gasteiger partial charge in [0.2, 0.25) is 0 Å². The molecular weight excluding hydrogens is 396 g/mol. The van der Waals surface area contributed by atoms with Crippen molar-refractivity contribution in [3.8, 4) is 11.3 Å². The molecule has 0 amide bonds. The first-order valence-electron chi connectivity index (χ1n) is 9.10. The maximum Gasteiger partial charge on any atom is 0.354 e. The summed E-state index contributed by atoms with van der Waals surface area (Å²) in [7, 11) is -2.01. The number of hydrogen-bond donors (Lipinski definition) is 2. The van der Waals surface area contributed by atoms with Crippen LogP contribution in [0.1, 0.15) is 28.0 Å². The van der Waals surface area contributed by atoms with Crippen LogP contribution >= 0.6 is 0 Å². The normalized spacial score (nSPS) is 13.1. The number of aromatic carboxylic acids is 1. The predicted molar refractivity (Wildman–Crippen MR) is 103 cm³/mol. The number of nitrogens with zero attached hydrogens (tertiary/aromatic N) is 5. The van der Waals surface area contributed by atoms with Crippen molar-refractivity contribution in [2.24, 2.45) is 7.05 Å². The third-order valence-corrected chi connectivity index (χ3v) is 6.20. The summed E-state index contributed by atoms with van der Waals surface area (Å²) in [5.74, 6) is -1.04. The molecule has 3 aromatic heterocycles. The molecule has 0 radical (unpaired) electrons. The van der Waals surface area contributed by atoms with Gasteiger partial charge >= 0.3 is 5.97 Å². The number of rotatable bonds is 7. The van der Waals surface area contributed by atoms with Gasteiger partial charge in [-0.3, -0.25) is 9.67 Å². The minimum Gasteiger partial charge on any atom is -0.477 e. The average molecular weight is 416 g/mol. The fourth-order valence-electron chi connectivity index (χ4n) is 3.51. The molecule has 10 nitrogen and oxygen atoms in total. The van der Waals surface area contributed by atoms with Gasteiger partial charge in [0.15, 0.2) is 5.03 Å². The Kier molecular flexibility index (Phi) is 4.92. The average Bonchev–Trinajstić information content (AvgIpc) is 3.29. The number of fused-ring (bicyclic) bond motifs is 3. The van der Waals surface area contributed by atoms with Gasteiger partial charge in [-0.05, 0) is 30.9 Å². The maximum absolute atomic E-state index is 12.2. The number of carbonyl (C=O) groups is 1. The van der Waals surface area contributed by atoms with Crippen LogP contribution in [0.25, 0.3) is 11.3 Å². The first kappa shape index (κ1) is 19.3. The van der Waals surface area contributed by atoms with Gasteiger partial charge in [0.05, 0.1) is 12.0 Å². The van der Waals surface area contributed by atoms with Crippen molar-refractivity contribution in [1.29, 1.82) is 0 Å². The second-order valence-electron chi connectivity index (χ2n) is 6.87. The Balaban J connectivity index is 1.50. The molecule has 1 aliphatic rings. The van der Waals surface area contributed by atoms with Crippen molar-refractivity contribution >= 4 is 16.0 Å². The van der Waals surface area contributed by atoms with Crippen molar-refractivity contribution in [1.82, 2.24) is 29.0 Å². The molecule has 3 heterocycles. The minimum atomic E-state index is -3.70. The van der Waals surface area contributed by atoms with Gasteiger partial charge in [-0.1, -0.05) is 0 Å². The zero-order chi connectivity index (χ0) is 20.6. The molecule has 3 aromatic rings. The van der Waals surface area contributed by atoms with Crippen molar-refractivity contribution in [3.63, 3.8) is 0 Å². The summed E-state index contributed by atoms with van der Waals surface area (Å²) >= 11 is 0. The molecule has 0 aromatic carbocycles. The first-order chi connectivity index (χ1) is 13.9. The number of imidazole rings is 1. The highest BCUT2D eigenvalue weighted by molar-refractivity contribution is 7.89. The molecule has 2 N–H and O–H groups in total. The summed E-state index contributed by atoms with van der Waals surface area (Å²) in [6.45, 7) is 0.419. The summed E-state index contributed by atoms with van der Waals surface area (Å²) in [5.41, 5.74) is 3.49. The number of aromatic nitrogens is 5. The standard InChI is InChI=1S/C18H20N6O4S/c1-23-10-15(20-11-23)29(27,28)21-6-2-8-24-17(18(25)26)14-4-3-12-9-19-7-5-13(12)16(14)22-24/h5,7,9-11,21H,2-4,6,8H2,1H3,(H,25,26). The predicted octanol–water partition coefficient (Wildman–Crippen LogP) is 0.844. The Morgan fingerprint density at radius 1 is 1.34 bits per heavy atom. The molecule has 0 aliphatic heterocycles. The largest absolute Gasteiger partial charge is 0.477 e. The Hall–Kier alpha value is -3.05. The number of nitrogens with one attached hydrogen (secondary N) is 1. The smallest absolute Gasteiger partial charge is 0.354 e. The number of carboxylic acids is 1. The zero-order valence-electron chi connectivity index (χ0n) is 15.7. The van der Waals surface area contributed by atoms with Crippen LogP contribution in [0.3, 0.4) is 0 Å². The Bertz CT molecular complexity index is 1180. The van der Waals surface area contributed by atoms with Crippen molar-refractivity contribution < 1.29 is 18.3 Å². The molecule has 1 aliphatic carbocycles. The monoisotopic (exact) mass is 416 g/mol. The van der Waals surface area contributed by atoms with Gasteiger partial charge in [0.25, 0.3) is 10.0 Å². The van der Waals surface area contributed by atoms with Crippen LogP contribution in [0.2, 0.25) is 0 Å². The second kappa shape index (κ2) is 7.41. The number of hydrogen-bond acceptors (Lipinski definition) is 6. The first-order valence-corrected chi connectivity index (χ1v) is 10.6. The highest BCUT2D eigenvalue weighted by Crippen LogP contribution is 2.34. The van der Waals surface area contributed by atoms with Gasteiger partial charge in [-0.2, -0.15) is 5.10 Å². The summed E-state index contributed by atoms with van der Waals surface area (Å²) in [6.07, 6.45) is 7.96. The molecule has 4 rings (SSSR count). The molecule has 29 heavy (non-hydrogen) atoms. The molecule has 0 saturated carbocycles. The van der Waals surface area contributed by atoms with Gasteiger partial charge in [-0.25, -0.2) is 22.9 Å². The van der Waals surface area contributed by atoms with Crippen LogP contribution in [-0.2, 0) is 36.5 Å². The van der Waals surface area contributed by atoms with E-state index in [9.17, 15) is 18.3 Å². The van der Waals surface area contributed by atoms with E-state index in [0.717, 1.165) is 11.1 Å². The molecule has 0 unspecified atom stereocenters. The lowest BCUT2D eigenvalue weighted by Gasteiger charge is -2.14. The number of carboxylic acid groups (broad SMARTS) is 1. The molecular formula is C18H20N6O4S. The van der Waals surface area contributed by atoms with Crippen LogP contribution < -0.4 is 4.72 Å². The highest BCUT2D eigenvalue weighted by Gasteiger charge is 2.28. The second-order valence-corrected chi connectivity index (χ2v) is 8.58. The van der Waals surface area contributed by atoms with Crippen LogP contribution in [0.4, 0.5) is 0 Å². The van der Waals surface area contributed by atoms with Gasteiger partial charge in [0, 0.05) is 49.9 Å². The maximum atomic E-state index is 12.2. The van der Waals surface area contributed by atoms with Gasteiger partial charge in [0.1, 0.15) is 5.69 Å². The van der Waals surface area contributed by atoms with E-state index < -0.39 is 16.0 Å². The molecule has 11 heteroatoms. The summed E-state index contributed by atoms with van der Waals surface area (Å²) in [6, 6.07) is 1.84. The summed E-state index contributed by atoms with van der Waals surface area (Å²) in [5, 5.41) is 14.2. The molecule has 0 saturated heterocycles. The van der Waals surface area contributed by atoms with E-state index in [-0.39, 0.29) is 23.8 Å². The van der Waals surface area contributed by atoms with Crippen molar-refractivity contribution in [2.45, 2.75) is 30.8 Å². The molecule has 152 valence electrons. The van der Waals surface area contributed by atoms with E-state index in [1.165, 1.54) is 17.2 Å². The minimum absolute atomic E-state index is 0.0500. The lowest BCUT2D eigenvalue weighted by Crippen LogP contribution is -2.26. The van der Waals surface area contributed by atoms with E-state index >= 15 is 0 Å². The van der Waals surface area contributed by atoms with Crippen LogP contribution in [0.5, 0.6) is 0 Å². The third kappa shape index (κ3) is 3.66. The topological polar surface area (TPSA) is 132 Å². The highest BCUT2D eigenvalue weighted by atomic mass is 32.2. The Labute approximate surface area is 167 Å². The van der Waals surface area contributed by atoms with Crippen LogP contribution in [-0.4, -0.2) is 50.4 Å². The van der Waals surface area contributed by atoms with Crippen molar-refractivity contribution in [2.75, 3.05) is 6.54 Å². The lowest BCUT2D eigenvalue weighted by molar-refractivity contribution is 0.0681. The Morgan fingerprint density at radius 2 is 2.17 bits per heavy atom. The third-order valence-electron chi connectivity index (χ3n) is 4.85. The molecule has 0 fully saturated rings. The fraction of sp³-hybridized carbons (Fsp3) is 0.333. The van der Waals surface area contributed by atoms with Crippen LogP contribution in [0, 0.1) is 0 Å². The fourth-order valence-corrected chi connectivity index (χ4v) is 4.56. The van der Waals surface area contributed by atoms with E-state index in [2.05, 4.69) is 19.8 Å². The summed E-state index contributed by atoms with van der Waals surface area (Å²) in [4.78, 5) is 19.8. The number of sulfonamides is 1. The molecule has 0 bridgehead atoms. The number of aryl methyl sites for hydroxylation is 3. The van der Waals surface area contributed by atoms with E-state index in [4.69, 9.17) is 0 Å². The summed E-state index contributed by atoms with van der Waals surface area (Å²) < 4.78 is 29.9. The SMILES string of the molecule is Cn1cnc(S(=O)(=O)NCCCn2nc3c(c2C(=O)O)CCc2cnccc2-3)c1. The quantitative estimate of drug-likeness (QED) is 0.546.